The van der Waals surface area contributed by atoms with E-state index in [1.807, 2.05) is 30.3 Å². The van der Waals surface area contributed by atoms with Gasteiger partial charge in [-0.3, -0.25) is 4.79 Å². The molecule has 3 aromatic rings. The molecule has 0 radical (unpaired) electrons. The van der Waals surface area contributed by atoms with E-state index in [1.54, 1.807) is 36.6 Å². The van der Waals surface area contributed by atoms with Crippen LogP contribution in [0.3, 0.4) is 0 Å². The van der Waals surface area contributed by atoms with E-state index >= 15 is 0 Å². The standard InChI is InChI=1S/C20H20N2O2S/c1-13(2)20-22-18(12-25-20)14-6-4-8-16(10-14)21-19(23)15-7-5-9-17(11-15)24-3/h4-13H,1-3H3,(H,21,23). The minimum absolute atomic E-state index is 0.169. The van der Waals surface area contributed by atoms with Gasteiger partial charge in [0.05, 0.1) is 17.8 Å². The minimum atomic E-state index is -0.169. The Morgan fingerprint density at radius 2 is 1.96 bits per heavy atom. The van der Waals surface area contributed by atoms with Gasteiger partial charge in [0.15, 0.2) is 0 Å². The zero-order valence-corrected chi connectivity index (χ0v) is 15.3. The summed E-state index contributed by atoms with van der Waals surface area (Å²) in [6, 6.07) is 14.8. The van der Waals surface area contributed by atoms with Crippen molar-refractivity contribution in [3.8, 4) is 17.0 Å². The molecule has 4 nitrogen and oxygen atoms in total. The third-order valence-electron chi connectivity index (χ3n) is 3.76. The second-order valence-corrected chi connectivity index (χ2v) is 6.88. The first-order chi connectivity index (χ1) is 12.1. The second-order valence-electron chi connectivity index (χ2n) is 5.99. The topological polar surface area (TPSA) is 51.2 Å². The van der Waals surface area contributed by atoms with Crippen molar-refractivity contribution in [3.05, 3.63) is 64.5 Å². The van der Waals surface area contributed by atoms with Crippen LogP contribution in [0.5, 0.6) is 5.75 Å². The van der Waals surface area contributed by atoms with Gasteiger partial charge in [-0.15, -0.1) is 11.3 Å². The molecule has 5 heteroatoms. The maximum absolute atomic E-state index is 12.4. The second kappa shape index (κ2) is 7.49. The number of hydrogen-bond acceptors (Lipinski definition) is 4. The first-order valence-corrected chi connectivity index (χ1v) is 8.96. The molecule has 0 spiro atoms. The number of nitrogens with one attached hydrogen (secondary N) is 1. The van der Waals surface area contributed by atoms with Crippen LogP contribution < -0.4 is 10.1 Å². The van der Waals surface area contributed by atoms with Crippen LogP contribution >= 0.6 is 11.3 Å². The number of hydrogen-bond donors (Lipinski definition) is 1. The van der Waals surface area contributed by atoms with Gasteiger partial charge < -0.3 is 10.1 Å². The van der Waals surface area contributed by atoms with Gasteiger partial charge in [-0.1, -0.05) is 32.0 Å². The fourth-order valence-corrected chi connectivity index (χ4v) is 3.25. The van der Waals surface area contributed by atoms with Crippen LogP contribution in [0.4, 0.5) is 5.69 Å². The highest BCUT2D eigenvalue weighted by molar-refractivity contribution is 7.10. The number of methoxy groups -OCH3 is 1. The van der Waals surface area contributed by atoms with Crippen LogP contribution in [0.1, 0.15) is 35.1 Å². The van der Waals surface area contributed by atoms with Gasteiger partial charge in [-0.2, -0.15) is 0 Å². The van der Waals surface area contributed by atoms with Crippen LogP contribution in [-0.2, 0) is 0 Å². The van der Waals surface area contributed by atoms with E-state index in [4.69, 9.17) is 4.74 Å². The van der Waals surface area contributed by atoms with E-state index in [1.165, 1.54) is 0 Å². The van der Waals surface area contributed by atoms with E-state index in [0.717, 1.165) is 22.0 Å². The van der Waals surface area contributed by atoms with Crippen molar-refractivity contribution in [2.75, 3.05) is 12.4 Å². The Kier molecular flexibility index (Phi) is 5.14. The molecule has 0 aliphatic heterocycles. The number of nitrogens with zero attached hydrogens (tertiary/aromatic N) is 1. The maximum Gasteiger partial charge on any atom is 0.255 e. The molecule has 128 valence electrons. The number of carbonyl (C=O) groups is 1. The Balaban J connectivity index is 1.80. The van der Waals surface area contributed by atoms with Gasteiger partial charge in [0, 0.05) is 28.1 Å². The molecular formula is C20H20N2O2S. The molecule has 1 aromatic heterocycles. The van der Waals surface area contributed by atoms with E-state index in [-0.39, 0.29) is 5.91 Å². The largest absolute Gasteiger partial charge is 0.497 e. The lowest BCUT2D eigenvalue weighted by Crippen LogP contribution is -2.11. The van der Waals surface area contributed by atoms with Crippen molar-refractivity contribution < 1.29 is 9.53 Å². The van der Waals surface area contributed by atoms with Crippen molar-refractivity contribution in [2.24, 2.45) is 0 Å². The molecule has 1 N–H and O–H groups in total. The zero-order valence-electron chi connectivity index (χ0n) is 14.4. The molecule has 0 bridgehead atoms. The quantitative estimate of drug-likeness (QED) is 0.687. The van der Waals surface area contributed by atoms with Crippen molar-refractivity contribution in [3.63, 3.8) is 0 Å². The van der Waals surface area contributed by atoms with Crippen LogP contribution in [0, 0.1) is 0 Å². The maximum atomic E-state index is 12.4. The van der Waals surface area contributed by atoms with E-state index in [9.17, 15) is 4.79 Å². The first-order valence-electron chi connectivity index (χ1n) is 8.08. The van der Waals surface area contributed by atoms with Gasteiger partial charge in [-0.05, 0) is 30.3 Å². The predicted octanol–water partition coefficient (Wildman–Crippen LogP) is 5.19. The molecule has 3 rings (SSSR count). The molecule has 0 aliphatic rings. The highest BCUT2D eigenvalue weighted by atomic mass is 32.1. The summed E-state index contributed by atoms with van der Waals surface area (Å²) in [6.45, 7) is 4.26. The number of amides is 1. The van der Waals surface area contributed by atoms with E-state index < -0.39 is 0 Å². The monoisotopic (exact) mass is 352 g/mol. The third kappa shape index (κ3) is 4.06. The molecule has 0 atom stereocenters. The number of thiazole rings is 1. The number of anilines is 1. The smallest absolute Gasteiger partial charge is 0.255 e. The summed E-state index contributed by atoms with van der Waals surface area (Å²) in [5, 5.41) is 6.10. The van der Waals surface area contributed by atoms with Gasteiger partial charge >= 0.3 is 0 Å². The van der Waals surface area contributed by atoms with Crippen molar-refractivity contribution in [1.82, 2.24) is 4.98 Å². The molecule has 0 saturated carbocycles. The Morgan fingerprint density at radius 1 is 1.16 bits per heavy atom. The molecule has 25 heavy (non-hydrogen) atoms. The van der Waals surface area contributed by atoms with Gasteiger partial charge in [-0.25, -0.2) is 4.98 Å². The van der Waals surface area contributed by atoms with Gasteiger partial charge in [0.25, 0.3) is 5.91 Å². The molecule has 0 saturated heterocycles. The lowest BCUT2D eigenvalue weighted by atomic mass is 10.1. The van der Waals surface area contributed by atoms with E-state index in [2.05, 4.69) is 29.5 Å². The molecular weight excluding hydrogens is 332 g/mol. The van der Waals surface area contributed by atoms with Gasteiger partial charge in [0.1, 0.15) is 5.75 Å². The summed E-state index contributed by atoms with van der Waals surface area (Å²) in [5.41, 5.74) is 3.22. The number of aromatic nitrogens is 1. The average molecular weight is 352 g/mol. The molecule has 1 heterocycles. The molecule has 0 fully saturated rings. The predicted molar refractivity (Wildman–Crippen MR) is 103 cm³/mol. The zero-order chi connectivity index (χ0) is 17.8. The summed E-state index contributed by atoms with van der Waals surface area (Å²) >= 11 is 1.66. The number of carbonyl (C=O) groups excluding carboxylic acids is 1. The first kappa shape index (κ1) is 17.2. The van der Waals surface area contributed by atoms with Gasteiger partial charge in [0.2, 0.25) is 0 Å². The van der Waals surface area contributed by atoms with Crippen LogP contribution in [-0.4, -0.2) is 18.0 Å². The normalized spacial score (nSPS) is 10.7. The lowest BCUT2D eigenvalue weighted by Gasteiger charge is -2.08. The van der Waals surface area contributed by atoms with Crippen LogP contribution in [0.25, 0.3) is 11.3 Å². The Morgan fingerprint density at radius 3 is 2.68 bits per heavy atom. The minimum Gasteiger partial charge on any atom is -0.497 e. The fraction of sp³-hybridized carbons (Fsp3) is 0.200. The Bertz CT molecular complexity index is 887. The third-order valence-corrected chi connectivity index (χ3v) is 4.91. The lowest BCUT2D eigenvalue weighted by molar-refractivity contribution is 0.102. The SMILES string of the molecule is COc1cccc(C(=O)Nc2cccc(-c3csc(C(C)C)n3)c2)c1. The van der Waals surface area contributed by atoms with E-state index in [0.29, 0.717) is 17.2 Å². The fourth-order valence-electron chi connectivity index (χ4n) is 2.41. The highest BCUT2D eigenvalue weighted by Crippen LogP contribution is 2.28. The number of benzene rings is 2. The van der Waals surface area contributed by atoms with Crippen molar-refractivity contribution in [2.45, 2.75) is 19.8 Å². The van der Waals surface area contributed by atoms with Crippen LogP contribution in [0.15, 0.2) is 53.9 Å². The average Bonchev–Trinajstić information content (AvgIpc) is 3.12. The molecule has 0 unspecified atom stereocenters. The molecule has 0 aliphatic carbocycles. The number of ether oxygens (including phenoxy) is 1. The Labute approximate surface area is 151 Å². The summed E-state index contributed by atoms with van der Waals surface area (Å²) in [4.78, 5) is 17.1. The summed E-state index contributed by atoms with van der Waals surface area (Å²) in [5.74, 6) is 0.900. The molecule has 1 amide bonds. The summed E-state index contributed by atoms with van der Waals surface area (Å²) < 4.78 is 5.17. The van der Waals surface area contributed by atoms with Crippen molar-refractivity contribution >= 4 is 22.9 Å². The molecule has 2 aromatic carbocycles. The summed E-state index contributed by atoms with van der Waals surface area (Å²) in [6.07, 6.45) is 0. The highest BCUT2D eigenvalue weighted by Gasteiger charge is 2.10. The Hall–Kier alpha value is -2.66. The summed E-state index contributed by atoms with van der Waals surface area (Å²) in [7, 11) is 1.58. The van der Waals surface area contributed by atoms with Crippen LogP contribution in [0.2, 0.25) is 0 Å². The van der Waals surface area contributed by atoms with Crippen molar-refractivity contribution in [1.29, 1.82) is 0 Å². The number of rotatable bonds is 5.